The normalized spacial score (nSPS) is 26.8. The molecule has 2 fully saturated rings. The van der Waals surface area contributed by atoms with Crippen LogP contribution in [0.3, 0.4) is 0 Å². The molecule has 1 N–H and O–H groups in total. The van der Waals surface area contributed by atoms with Gasteiger partial charge in [-0.05, 0) is 12.8 Å². The zero-order valence-electron chi connectivity index (χ0n) is 11.3. The standard InChI is InChI=1S/C12H20N2O5/c1-13-8-12(19-9(7-18-2)10(13)15)3-5-14(6-4-12)11(16)17/h9H,3-8H2,1-2H3,(H,16,17). The van der Waals surface area contributed by atoms with Crippen molar-refractivity contribution in [2.75, 3.05) is 40.4 Å². The molecular formula is C12H20N2O5. The van der Waals surface area contributed by atoms with Crippen molar-refractivity contribution < 1.29 is 24.2 Å². The number of likely N-dealkylation sites (N-methyl/N-ethyl adjacent to an activating group) is 1. The molecule has 2 saturated heterocycles. The average molecular weight is 272 g/mol. The summed E-state index contributed by atoms with van der Waals surface area (Å²) < 4.78 is 10.9. The van der Waals surface area contributed by atoms with Gasteiger partial charge in [-0.15, -0.1) is 0 Å². The van der Waals surface area contributed by atoms with Crippen molar-refractivity contribution in [1.82, 2.24) is 9.80 Å². The number of nitrogens with zero attached hydrogens (tertiary/aromatic N) is 2. The zero-order chi connectivity index (χ0) is 14.0. The summed E-state index contributed by atoms with van der Waals surface area (Å²) >= 11 is 0. The van der Waals surface area contributed by atoms with E-state index < -0.39 is 17.8 Å². The lowest BCUT2D eigenvalue weighted by Crippen LogP contribution is -2.62. The van der Waals surface area contributed by atoms with Crippen molar-refractivity contribution in [3.05, 3.63) is 0 Å². The number of amides is 2. The minimum absolute atomic E-state index is 0.0758. The smallest absolute Gasteiger partial charge is 0.407 e. The summed E-state index contributed by atoms with van der Waals surface area (Å²) in [5.74, 6) is -0.0758. The number of carbonyl (C=O) groups excluding carboxylic acids is 1. The lowest BCUT2D eigenvalue weighted by atomic mass is 9.88. The van der Waals surface area contributed by atoms with Gasteiger partial charge in [0.2, 0.25) is 0 Å². The lowest BCUT2D eigenvalue weighted by Gasteiger charge is -2.48. The molecule has 2 amide bonds. The maximum atomic E-state index is 11.9. The SMILES string of the molecule is COCC1OC2(CCN(C(=O)O)CC2)CN(C)C1=O. The maximum Gasteiger partial charge on any atom is 0.407 e. The molecular weight excluding hydrogens is 252 g/mol. The predicted octanol–water partition coefficient (Wildman–Crippen LogP) is 0.00260. The zero-order valence-corrected chi connectivity index (χ0v) is 11.3. The highest BCUT2D eigenvalue weighted by molar-refractivity contribution is 5.81. The van der Waals surface area contributed by atoms with Crippen molar-refractivity contribution in [1.29, 1.82) is 0 Å². The summed E-state index contributed by atoms with van der Waals surface area (Å²) in [6.45, 7) is 1.63. The topological polar surface area (TPSA) is 79.3 Å². The number of carboxylic acid groups (broad SMARTS) is 1. The average Bonchev–Trinajstić information content (AvgIpc) is 2.36. The maximum absolute atomic E-state index is 11.9. The summed E-state index contributed by atoms with van der Waals surface area (Å²) in [6, 6.07) is 0. The Morgan fingerprint density at radius 2 is 2.16 bits per heavy atom. The van der Waals surface area contributed by atoms with Gasteiger partial charge in [0, 0.05) is 33.8 Å². The first-order valence-corrected chi connectivity index (χ1v) is 6.37. The quantitative estimate of drug-likeness (QED) is 0.765. The fourth-order valence-corrected chi connectivity index (χ4v) is 2.78. The molecule has 2 aliphatic rings. The Labute approximate surface area is 112 Å². The molecule has 2 heterocycles. The van der Waals surface area contributed by atoms with E-state index >= 15 is 0 Å². The summed E-state index contributed by atoms with van der Waals surface area (Å²) in [5, 5.41) is 8.96. The van der Waals surface area contributed by atoms with Crippen LogP contribution in [0.5, 0.6) is 0 Å². The Balaban J connectivity index is 2.04. The van der Waals surface area contributed by atoms with Gasteiger partial charge >= 0.3 is 6.09 Å². The number of rotatable bonds is 2. The fraction of sp³-hybridized carbons (Fsp3) is 0.833. The summed E-state index contributed by atoms with van der Waals surface area (Å²) in [7, 11) is 3.28. The molecule has 0 aromatic heterocycles. The highest BCUT2D eigenvalue weighted by Crippen LogP contribution is 2.32. The second kappa shape index (κ2) is 5.34. The van der Waals surface area contributed by atoms with E-state index in [0.29, 0.717) is 32.5 Å². The molecule has 1 unspecified atom stereocenters. The van der Waals surface area contributed by atoms with E-state index in [2.05, 4.69) is 0 Å². The number of likely N-dealkylation sites (tertiary alicyclic amines) is 1. The van der Waals surface area contributed by atoms with E-state index in [9.17, 15) is 9.59 Å². The Morgan fingerprint density at radius 1 is 1.53 bits per heavy atom. The van der Waals surface area contributed by atoms with Crippen molar-refractivity contribution in [2.24, 2.45) is 0 Å². The third kappa shape index (κ3) is 2.82. The molecule has 0 radical (unpaired) electrons. The highest BCUT2D eigenvalue weighted by Gasteiger charge is 2.46. The van der Waals surface area contributed by atoms with Crippen molar-refractivity contribution in [2.45, 2.75) is 24.5 Å². The Bertz CT molecular complexity index is 365. The first kappa shape index (κ1) is 14.1. The van der Waals surface area contributed by atoms with Crippen LogP contribution in [0.15, 0.2) is 0 Å². The first-order valence-electron chi connectivity index (χ1n) is 6.37. The molecule has 2 rings (SSSR count). The number of piperidine rings is 1. The summed E-state index contributed by atoms with van der Waals surface area (Å²) in [4.78, 5) is 25.9. The third-order valence-corrected chi connectivity index (χ3v) is 3.83. The van der Waals surface area contributed by atoms with Crippen LogP contribution in [0.2, 0.25) is 0 Å². The van der Waals surface area contributed by atoms with E-state index in [1.165, 1.54) is 12.0 Å². The molecule has 0 bridgehead atoms. The predicted molar refractivity (Wildman–Crippen MR) is 65.9 cm³/mol. The largest absolute Gasteiger partial charge is 0.465 e. The molecule has 108 valence electrons. The van der Waals surface area contributed by atoms with Gasteiger partial charge in [-0.1, -0.05) is 0 Å². The minimum Gasteiger partial charge on any atom is -0.465 e. The van der Waals surface area contributed by atoms with Gasteiger partial charge < -0.3 is 24.4 Å². The van der Waals surface area contributed by atoms with Crippen molar-refractivity contribution >= 4 is 12.0 Å². The lowest BCUT2D eigenvalue weighted by molar-refractivity contribution is -0.196. The third-order valence-electron chi connectivity index (χ3n) is 3.83. The number of ether oxygens (including phenoxy) is 2. The van der Waals surface area contributed by atoms with Crippen molar-refractivity contribution in [3.63, 3.8) is 0 Å². The summed E-state index contributed by atoms with van der Waals surface area (Å²) in [6.07, 6.45) is -0.266. The van der Waals surface area contributed by atoms with Gasteiger partial charge in [-0.2, -0.15) is 0 Å². The Kier molecular flexibility index (Phi) is 3.96. The van der Waals surface area contributed by atoms with Crippen LogP contribution in [0.1, 0.15) is 12.8 Å². The van der Waals surface area contributed by atoms with Crippen molar-refractivity contribution in [3.8, 4) is 0 Å². The molecule has 0 aliphatic carbocycles. The molecule has 0 aromatic rings. The molecule has 19 heavy (non-hydrogen) atoms. The van der Waals surface area contributed by atoms with E-state index in [-0.39, 0.29) is 12.5 Å². The first-order chi connectivity index (χ1) is 8.97. The number of methoxy groups -OCH3 is 1. The molecule has 2 aliphatic heterocycles. The second-order valence-corrected chi connectivity index (χ2v) is 5.21. The van der Waals surface area contributed by atoms with Gasteiger partial charge in [0.1, 0.15) is 0 Å². The number of hydrogen-bond acceptors (Lipinski definition) is 4. The van der Waals surface area contributed by atoms with E-state index in [1.807, 2.05) is 0 Å². The van der Waals surface area contributed by atoms with E-state index in [4.69, 9.17) is 14.6 Å². The van der Waals surface area contributed by atoms with Gasteiger partial charge in [0.25, 0.3) is 5.91 Å². The molecule has 0 saturated carbocycles. The van der Waals surface area contributed by atoms with Crippen LogP contribution >= 0.6 is 0 Å². The van der Waals surface area contributed by atoms with Crippen LogP contribution in [0, 0.1) is 0 Å². The van der Waals surface area contributed by atoms with Gasteiger partial charge in [0.15, 0.2) is 6.10 Å². The van der Waals surface area contributed by atoms with Gasteiger partial charge in [-0.3, -0.25) is 4.79 Å². The number of hydrogen-bond donors (Lipinski definition) is 1. The summed E-state index contributed by atoms with van der Waals surface area (Å²) in [5.41, 5.74) is -0.433. The molecule has 0 aromatic carbocycles. The van der Waals surface area contributed by atoms with Crippen LogP contribution < -0.4 is 0 Å². The number of carbonyl (C=O) groups is 2. The van der Waals surface area contributed by atoms with E-state index in [0.717, 1.165) is 0 Å². The monoisotopic (exact) mass is 272 g/mol. The molecule has 1 spiro atoms. The number of morpholine rings is 1. The van der Waals surface area contributed by atoms with Gasteiger partial charge in [0.05, 0.1) is 12.2 Å². The van der Waals surface area contributed by atoms with Crippen LogP contribution in [0.25, 0.3) is 0 Å². The van der Waals surface area contributed by atoms with Gasteiger partial charge in [-0.25, -0.2) is 4.79 Å². The van der Waals surface area contributed by atoms with E-state index in [1.54, 1.807) is 11.9 Å². The molecule has 1 atom stereocenters. The fourth-order valence-electron chi connectivity index (χ4n) is 2.78. The highest BCUT2D eigenvalue weighted by atomic mass is 16.6. The molecule has 7 heteroatoms. The van der Waals surface area contributed by atoms with Crippen LogP contribution in [-0.4, -0.2) is 79.0 Å². The second-order valence-electron chi connectivity index (χ2n) is 5.21. The Morgan fingerprint density at radius 3 is 2.68 bits per heavy atom. The van der Waals surface area contributed by atoms with Crippen LogP contribution in [0.4, 0.5) is 4.79 Å². The van der Waals surface area contributed by atoms with Crippen LogP contribution in [-0.2, 0) is 14.3 Å². The minimum atomic E-state index is -0.900. The molecule has 7 nitrogen and oxygen atoms in total. The Hall–Kier alpha value is -1.34.